The summed E-state index contributed by atoms with van der Waals surface area (Å²) in [6.07, 6.45) is 55.3. The largest absolute Gasteiger partial charge is 0.354 e. The predicted molar refractivity (Wildman–Crippen MR) is 222 cm³/mol. The van der Waals surface area contributed by atoms with Crippen LogP contribution in [0.2, 0.25) is 0 Å². The van der Waals surface area contributed by atoms with Crippen molar-refractivity contribution in [2.45, 2.75) is 245 Å². The summed E-state index contributed by atoms with van der Waals surface area (Å²) in [5.41, 5.74) is 0. The molecule has 0 heterocycles. The summed E-state index contributed by atoms with van der Waals surface area (Å²) in [5, 5.41) is 5.93. The first-order chi connectivity index (χ1) is 24.7. The van der Waals surface area contributed by atoms with Crippen LogP contribution >= 0.6 is 0 Å². The number of amides is 2. The lowest BCUT2D eigenvalue weighted by molar-refractivity contribution is -0.123. The fraction of sp³-hybridized carbons (Fsp3) is 0.870. The molecule has 0 aromatic rings. The quantitative estimate of drug-likeness (QED) is 0.0493. The topological polar surface area (TPSA) is 58.2 Å². The van der Waals surface area contributed by atoms with Gasteiger partial charge in [0.05, 0.1) is 0 Å². The molecule has 0 aromatic heterocycles. The molecule has 0 aliphatic rings. The molecule has 2 N–H and O–H groups in total. The van der Waals surface area contributed by atoms with Gasteiger partial charge in [0.2, 0.25) is 11.8 Å². The van der Waals surface area contributed by atoms with E-state index >= 15 is 0 Å². The Balaban J connectivity index is 3.30. The van der Waals surface area contributed by atoms with Gasteiger partial charge in [-0.25, -0.2) is 0 Å². The number of unbranched alkanes of at least 4 members (excludes halogenated alkanes) is 30. The van der Waals surface area contributed by atoms with Crippen LogP contribution in [0.15, 0.2) is 24.3 Å². The summed E-state index contributed by atoms with van der Waals surface area (Å²) >= 11 is 0. The second kappa shape index (κ2) is 43.6. The SMILES string of the molecule is CCCCCCCC/C=C\CCCCCCCCCCCC(=O)NCCNC(=O)CCCCCCCCCCC/C=C\CCCCCCCC. The number of hydrogen-bond donors (Lipinski definition) is 2. The number of hydrogen-bond acceptors (Lipinski definition) is 2. The lowest BCUT2D eigenvalue weighted by Gasteiger charge is -2.07. The van der Waals surface area contributed by atoms with Crippen molar-refractivity contribution in [3.05, 3.63) is 24.3 Å². The second-order valence-corrected chi connectivity index (χ2v) is 15.2. The molecule has 0 atom stereocenters. The third-order valence-corrected chi connectivity index (χ3v) is 10.1. The summed E-state index contributed by atoms with van der Waals surface area (Å²) in [5.74, 6) is 0.242. The van der Waals surface area contributed by atoms with Crippen LogP contribution in [-0.4, -0.2) is 24.9 Å². The zero-order valence-corrected chi connectivity index (χ0v) is 34.0. The third kappa shape index (κ3) is 42.6. The van der Waals surface area contributed by atoms with Gasteiger partial charge < -0.3 is 10.6 Å². The normalized spacial score (nSPS) is 11.6. The molecule has 0 aromatic carbocycles. The van der Waals surface area contributed by atoms with Crippen LogP contribution in [0.4, 0.5) is 0 Å². The van der Waals surface area contributed by atoms with Crippen molar-refractivity contribution < 1.29 is 9.59 Å². The van der Waals surface area contributed by atoms with Crippen molar-refractivity contribution in [3.8, 4) is 0 Å². The van der Waals surface area contributed by atoms with E-state index in [1.165, 1.54) is 193 Å². The molecular formula is C46H88N2O2. The lowest BCUT2D eigenvalue weighted by Crippen LogP contribution is -2.34. The van der Waals surface area contributed by atoms with Crippen LogP contribution in [0.1, 0.15) is 245 Å². The Kier molecular flexibility index (Phi) is 42.2. The summed E-state index contributed by atoms with van der Waals surface area (Å²) in [4.78, 5) is 24.2. The van der Waals surface area contributed by atoms with Crippen molar-refractivity contribution in [3.63, 3.8) is 0 Å². The molecule has 2 amide bonds. The molecule has 0 radical (unpaired) electrons. The van der Waals surface area contributed by atoms with E-state index in [4.69, 9.17) is 0 Å². The Hall–Kier alpha value is -1.58. The van der Waals surface area contributed by atoms with Gasteiger partial charge in [0.1, 0.15) is 0 Å². The molecule has 0 spiro atoms. The Labute approximate surface area is 313 Å². The monoisotopic (exact) mass is 701 g/mol. The average molecular weight is 701 g/mol. The van der Waals surface area contributed by atoms with Crippen molar-refractivity contribution in [1.82, 2.24) is 10.6 Å². The first-order valence-corrected chi connectivity index (χ1v) is 22.5. The molecule has 0 saturated heterocycles. The molecule has 50 heavy (non-hydrogen) atoms. The van der Waals surface area contributed by atoms with Crippen LogP contribution in [0.3, 0.4) is 0 Å². The maximum absolute atomic E-state index is 12.1. The fourth-order valence-corrected chi connectivity index (χ4v) is 6.71. The third-order valence-electron chi connectivity index (χ3n) is 10.1. The first-order valence-electron chi connectivity index (χ1n) is 22.5. The zero-order valence-electron chi connectivity index (χ0n) is 34.0. The molecule has 0 aliphatic heterocycles. The van der Waals surface area contributed by atoms with Gasteiger partial charge in [-0.15, -0.1) is 0 Å². The lowest BCUT2D eigenvalue weighted by atomic mass is 10.1. The Morgan fingerprint density at radius 2 is 0.540 bits per heavy atom. The zero-order chi connectivity index (χ0) is 36.3. The van der Waals surface area contributed by atoms with Crippen molar-refractivity contribution >= 4 is 11.8 Å². The summed E-state index contributed by atoms with van der Waals surface area (Å²) in [7, 11) is 0. The van der Waals surface area contributed by atoms with Gasteiger partial charge >= 0.3 is 0 Å². The molecule has 4 heteroatoms. The summed E-state index contributed by atoms with van der Waals surface area (Å²) < 4.78 is 0. The fourth-order valence-electron chi connectivity index (χ4n) is 6.71. The van der Waals surface area contributed by atoms with E-state index in [2.05, 4.69) is 48.8 Å². The van der Waals surface area contributed by atoms with E-state index in [0.29, 0.717) is 25.9 Å². The summed E-state index contributed by atoms with van der Waals surface area (Å²) in [6, 6.07) is 0. The van der Waals surface area contributed by atoms with Crippen LogP contribution in [0.5, 0.6) is 0 Å². The number of rotatable bonds is 41. The van der Waals surface area contributed by atoms with Gasteiger partial charge in [0.25, 0.3) is 0 Å². The number of carbonyl (C=O) groups is 2. The van der Waals surface area contributed by atoms with Crippen LogP contribution in [-0.2, 0) is 9.59 Å². The highest BCUT2D eigenvalue weighted by molar-refractivity contribution is 5.77. The predicted octanol–water partition coefficient (Wildman–Crippen LogP) is 14.4. The Morgan fingerprint density at radius 3 is 0.800 bits per heavy atom. The molecule has 0 aliphatic carbocycles. The van der Waals surface area contributed by atoms with Crippen molar-refractivity contribution in [2.24, 2.45) is 0 Å². The van der Waals surface area contributed by atoms with Crippen molar-refractivity contribution in [1.29, 1.82) is 0 Å². The van der Waals surface area contributed by atoms with Gasteiger partial charge in [0.15, 0.2) is 0 Å². The highest BCUT2D eigenvalue weighted by Crippen LogP contribution is 2.14. The van der Waals surface area contributed by atoms with Gasteiger partial charge in [-0.1, -0.05) is 192 Å². The van der Waals surface area contributed by atoms with Gasteiger partial charge in [-0.2, -0.15) is 0 Å². The van der Waals surface area contributed by atoms with E-state index in [1.807, 2.05) is 0 Å². The highest BCUT2D eigenvalue weighted by Gasteiger charge is 2.03. The first kappa shape index (κ1) is 48.4. The minimum absolute atomic E-state index is 0.121. The minimum Gasteiger partial charge on any atom is -0.354 e. The average Bonchev–Trinajstić information content (AvgIpc) is 3.12. The van der Waals surface area contributed by atoms with E-state index in [1.54, 1.807) is 0 Å². The Bertz CT molecular complexity index is 684. The second-order valence-electron chi connectivity index (χ2n) is 15.2. The van der Waals surface area contributed by atoms with Gasteiger partial charge in [0, 0.05) is 25.9 Å². The number of nitrogens with one attached hydrogen (secondary N) is 2. The van der Waals surface area contributed by atoms with Gasteiger partial charge in [-0.05, 0) is 64.2 Å². The molecule has 294 valence electrons. The van der Waals surface area contributed by atoms with Gasteiger partial charge in [-0.3, -0.25) is 9.59 Å². The maximum Gasteiger partial charge on any atom is 0.220 e. The molecule has 0 fully saturated rings. The smallest absolute Gasteiger partial charge is 0.220 e. The van der Waals surface area contributed by atoms with E-state index in [0.717, 1.165) is 25.7 Å². The molecule has 0 rings (SSSR count). The van der Waals surface area contributed by atoms with Crippen LogP contribution in [0, 0.1) is 0 Å². The van der Waals surface area contributed by atoms with Crippen molar-refractivity contribution in [2.75, 3.05) is 13.1 Å². The standard InChI is InChI=1S/C46H88N2O2/c1-3-5-7-9-11-13-15-17-19-21-23-25-27-29-31-33-35-37-39-41-45(49)47-43-44-48-46(50)42-40-38-36-34-32-30-28-26-24-22-20-18-16-14-12-10-8-6-4-2/h17-20H,3-16,21-44H2,1-2H3,(H,47,49)(H,48,50)/b19-17-,20-18-. The summed E-state index contributed by atoms with van der Waals surface area (Å²) in [6.45, 7) is 5.63. The van der Waals surface area contributed by atoms with Crippen LogP contribution < -0.4 is 10.6 Å². The highest BCUT2D eigenvalue weighted by atomic mass is 16.2. The number of allylic oxidation sites excluding steroid dienone is 4. The van der Waals surface area contributed by atoms with Crippen LogP contribution in [0.25, 0.3) is 0 Å². The molecular weight excluding hydrogens is 613 g/mol. The molecule has 0 bridgehead atoms. The molecule has 0 unspecified atom stereocenters. The van der Waals surface area contributed by atoms with E-state index in [9.17, 15) is 9.59 Å². The molecule has 0 saturated carbocycles. The maximum atomic E-state index is 12.1. The molecule has 4 nitrogen and oxygen atoms in total. The number of carbonyl (C=O) groups excluding carboxylic acids is 2. The van der Waals surface area contributed by atoms with E-state index < -0.39 is 0 Å². The van der Waals surface area contributed by atoms with E-state index in [-0.39, 0.29) is 11.8 Å². The Morgan fingerprint density at radius 1 is 0.320 bits per heavy atom. The minimum atomic E-state index is 0.121.